The average Bonchev–Trinajstić information content (AvgIpc) is 1.64. The van der Waals surface area contributed by atoms with Gasteiger partial charge < -0.3 is 0 Å². The third kappa shape index (κ3) is 1.27. The van der Waals surface area contributed by atoms with E-state index in [1.165, 1.54) is 0 Å². The molecule has 0 unspecified atom stereocenters. The lowest BCUT2D eigenvalue weighted by molar-refractivity contribution is 1.66. The molecule has 0 heterocycles. The Hall–Kier alpha value is -0.436. The summed E-state index contributed by atoms with van der Waals surface area (Å²) in [5.41, 5.74) is 0. The first-order chi connectivity index (χ1) is 3.79. The Morgan fingerprint density at radius 2 is 2.12 bits per heavy atom. The van der Waals surface area contributed by atoms with Crippen molar-refractivity contribution in [3.8, 4) is 0 Å². The molecule has 34 valence electrons. The van der Waals surface area contributed by atoms with Gasteiger partial charge in [0.05, 0.1) is 10.4 Å². The van der Waals surface area contributed by atoms with Gasteiger partial charge in [0.2, 0.25) is 0 Å². The van der Waals surface area contributed by atoms with Crippen molar-refractivity contribution in [3.05, 3.63) is 34.7 Å². The maximum atomic E-state index is 3.32. The molecule has 0 fully saturated rings. The Labute approximate surface area is 55.8 Å². The lowest BCUT2D eigenvalue weighted by atomic mass is 10.3. The molecule has 0 nitrogen and oxygen atoms in total. The fourth-order valence-corrected chi connectivity index (χ4v) is 1.06. The maximum absolute atomic E-state index is 3.32. The van der Waals surface area contributed by atoms with E-state index in [0.29, 0.717) is 0 Å². The van der Waals surface area contributed by atoms with Crippen LogP contribution in [0.25, 0.3) is 0 Å². The first kappa shape index (κ1) is 5.70. The van der Waals surface area contributed by atoms with Crippen LogP contribution in [0.4, 0.5) is 0 Å². The van der Waals surface area contributed by atoms with Crippen LogP contribution in [0, 0.1) is 6.08 Å². The Morgan fingerprint density at radius 1 is 1.38 bits per heavy atom. The van der Waals surface area contributed by atoms with Gasteiger partial charge in [0.25, 0.3) is 0 Å². The van der Waals surface area contributed by atoms with E-state index < -0.39 is 0 Å². The molecule has 0 aromatic rings. The van der Waals surface area contributed by atoms with Gasteiger partial charge in [-0.3, -0.25) is 0 Å². The largest absolute Gasteiger partial charge is 0.126 e. The standard InChI is InChI=1S/C6H3Si2/c7-5-2-1-3-6(8)4-5/h1-3H/q+1. The van der Waals surface area contributed by atoms with Gasteiger partial charge in [0.1, 0.15) is 20.5 Å². The average molecular weight is 131 g/mol. The van der Waals surface area contributed by atoms with Crippen molar-refractivity contribution in [2.75, 3.05) is 0 Å². The molecule has 0 spiro atoms. The van der Waals surface area contributed by atoms with Crippen molar-refractivity contribution < 1.29 is 0 Å². The van der Waals surface area contributed by atoms with Crippen LogP contribution < -0.4 is 0 Å². The fourth-order valence-electron chi connectivity index (χ4n) is 0.469. The molecule has 0 amide bonds. The molecular formula is C6H3Si2+. The van der Waals surface area contributed by atoms with Crippen molar-refractivity contribution >= 4 is 20.5 Å². The zero-order valence-electron chi connectivity index (χ0n) is 4.23. The highest BCUT2D eigenvalue weighted by molar-refractivity contribution is 6.27. The van der Waals surface area contributed by atoms with Crippen LogP contribution in [0.3, 0.4) is 0 Å². The Morgan fingerprint density at radius 3 is 2.50 bits per heavy atom. The van der Waals surface area contributed by atoms with Gasteiger partial charge in [-0.2, -0.15) is 0 Å². The van der Waals surface area contributed by atoms with E-state index in [1.807, 2.05) is 18.2 Å². The lowest BCUT2D eigenvalue weighted by Crippen LogP contribution is -1.85. The predicted molar refractivity (Wildman–Crippen MR) is 35.5 cm³/mol. The molecule has 6 radical (unpaired) electrons. The van der Waals surface area contributed by atoms with Gasteiger partial charge in [-0.1, -0.05) is 0 Å². The van der Waals surface area contributed by atoms with E-state index in [-0.39, 0.29) is 0 Å². The minimum absolute atomic E-state index is 0.970. The number of hydrogen-bond donors (Lipinski definition) is 0. The second kappa shape index (κ2) is 2.22. The fraction of sp³-hybridized carbons (Fsp3) is 0. The summed E-state index contributed by atoms with van der Waals surface area (Å²) < 4.78 is 0. The number of hydrogen-bond acceptors (Lipinski definition) is 0. The van der Waals surface area contributed by atoms with Crippen molar-refractivity contribution in [1.82, 2.24) is 0 Å². The third-order valence-electron chi connectivity index (χ3n) is 0.795. The van der Waals surface area contributed by atoms with Crippen LogP contribution in [-0.4, -0.2) is 20.5 Å². The molecule has 2 heteroatoms. The minimum atomic E-state index is 0.970. The van der Waals surface area contributed by atoms with E-state index in [0.717, 1.165) is 10.4 Å². The molecular weight excluding hydrogens is 128 g/mol. The van der Waals surface area contributed by atoms with E-state index in [9.17, 15) is 0 Å². The van der Waals surface area contributed by atoms with E-state index in [1.54, 1.807) is 0 Å². The molecule has 0 saturated carbocycles. The van der Waals surface area contributed by atoms with Crippen LogP contribution in [0.5, 0.6) is 0 Å². The summed E-state index contributed by atoms with van der Waals surface area (Å²) in [7, 11) is 6.64. The SMILES string of the molecule is [Si]C1=[C+]C([Si])=CC=C1. The molecule has 0 bridgehead atoms. The highest BCUT2D eigenvalue weighted by Crippen LogP contribution is 2.01. The summed E-state index contributed by atoms with van der Waals surface area (Å²) in [4.78, 5) is 0. The Bertz CT molecular complexity index is 172. The topological polar surface area (TPSA) is 0 Å². The molecule has 0 saturated heterocycles. The van der Waals surface area contributed by atoms with Crippen LogP contribution in [-0.2, 0) is 0 Å². The molecule has 0 aromatic carbocycles. The van der Waals surface area contributed by atoms with Crippen molar-refractivity contribution in [1.29, 1.82) is 0 Å². The summed E-state index contributed by atoms with van der Waals surface area (Å²) in [6.07, 6.45) is 8.81. The van der Waals surface area contributed by atoms with Crippen molar-refractivity contribution in [3.63, 3.8) is 0 Å². The van der Waals surface area contributed by atoms with Gasteiger partial charge in [-0.25, -0.2) is 0 Å². The van der Waals surface area contributed by atoms with E-state index >= 15 is 0 Å². The molecule has 0 aliphatic heterocycles. The molecule has 8 heavy (non-hydrogen) atoms. The first-order valence-electron chi connectivity index (χ1n) is 2.24. The highest BCUT2D eigenvalue weighted by atomic mass is 28.1. The van der Waals surface area contributed by atoms with Crippen molar-refractivity contribution in [2.24, 2.45) is 0 Å². The molecule has 1 aliphatic carbocycles. The molecule has 1 rings (SSSR count). The number of allylic oxidation sites excluding steroid dienone is 6. The minimum Gasteiger partial charge on any atom is 0.0337 e. The summed E-state index contributed by atoms with van der Waals surface area (Å²) in [5.74, 6) is 0. The second-order valence-corrected chi connectivity index (χ2v) is 2.56. The molecule has 0 aromatic heterocycles. The van der Waals surface area contributed by atoms with Crippen LogP contribution in [0.2, 0.25) is 0 Å². The first-order valence-corrected chi connectivity index (χ1v) is 3.24. The highest BCUT2D eigenvalue weighted by Gasteiger charge is 1.99. The van der Waals surface area contributed by atoms with E-state index in [2.05, 4.69) is 26.6 Å². The van der Waals surface area contributed by atoms with E-state index in [4.69, 9.17) is 0 Å². The van der Waals surface area contributed by atoms with Crippen LogP contribution in [0.15, 0.2) is 28.6 Å². The summed E-state index contributed by atoms with van der Waals surface area (Å²) in [5, 5.41) is 1.94. The second-order valence-electron chi connectivity index (χ2n) is 1.48. The smallest absolute Gasteiger partial charge is 0.0337 e. The third-order valence-corrected chi connectivity index (χ3v) is 1.38. The summed E-state index contributed by atoms with van der Waals surface area (Å²) >= 11 is 0. The van der Waals surface area contributed by atoms with Gasteiger partial charge in [0, 0.05) is 24.3 Å². The zero-order chi connectivity index (χ0) is 5.98. The predicted octanol–water partition coefficient (Wildman–Crippen LogP) is 0.464. The quantitative estimate of drug-likeness (QED) is 0.331. The van der Waals surface area contributed by atoms with Gasteiger partial charge in [0.15, 0.2) is 0 Å². The lowest BCUT2D eigenvalue weighted by Gasteiger charge is -1.84. The monoisotopic (exact) mass is 131 g/mol. The maximum Gasteiger partial charge on any atom is 0.126 e. The van der Waals surface area contributed by atoms with Gasteiger partial charge in [-0.05, 0) is 0 Å². The van der Waals surface area contributed by atoms with Crippen molar-refractivity contribution in [2.45, 2.75) is 0 Å². The Balaban J connectivity index is 2.89. The zero-order valence-corrected chi connectivity index (χ0v) is 6.23. The summed E-state index contributed by atoms with van der Waals surface area (Å²) in [6, 6.07) is 0. The summed E-state index contributed by atoms with van der Waals surface area (Å²) in [6.45, 7) is 0. The van der Waals surface area contributed by atoms with Gasteiger partial charge in [-0.15, -0.1) is 0 Å². The van der Waals surface area contributed by atoms with Crippen LogP contribution in [0.1, 0.15) is 0 Å². The molecule has 1 aliphatic rings. The number of rotatable bonds is 0. The van der Waals surface area contributed by atoms with Gasteiger partial charge >= 0.3 is 0 Å². The molecule has 0 N–H and O–H groups in total. The molecule has 0 atom stereocenters. The van der Waals surface area contributed by atoms with Crippen LogP contribution >= 0.6 is 0 Å². The normalized spacial score (nSPS) is 16.8. The Kier molecular flexibility index (Phi) is 1.58.